The minimum absolute atomic E-state index is 0.535. The lowest BCUT2D eigenvalue weighted by atomic mass is 10.2. The van der Waals surface area contributed by atoms with E-state index in [9.17, 15) is 0 Å². The molecule has 7 heteroatoms. The van der Waals surface area contributed by atoms with Gasteiger partial charge in [-0.05, 0) is 30.2 Å². The second-order valence-electron chi connectivity index (χ2n) is 6.21. The van der Waals surface area contributed by atoms with Gasteiger partial charge in [0.05, 0.1) is 17.1 Å². The Balaban J connectivity index is 1.67. The topological polar surface area (TPSA) is 94.3 Å². The molecule has 0 amide bonds. The van der Waals surface area contributed by atoms with Crippen LogP contribution in [-0.2, 0) is 0 Å². The number of nitrogens with zero attached hydrogens (tertiary/aromatic N) is 3. The Morgan fingerprint density at radius 2 is 2.08 bits per heavy atom. The number of anilines is 3. The third kappa shape index (κ3) is 2.76. The van der Waals surface area contributed by atoms with E-state index >= 15 is 0 Å². The van der Waals surface area contributed by atoms with Gasteiger partial charge in [-0.15, -0.1) is 0 Å². The maximum atomic E-state index is 4.63. The summed E-state index contributed by atoms with van der Waals surface area (Å²) in [5.41, 5.74) is 2.69. The van der Waals surface area contributed by atoms with Crippen molar-refractivity contribution in [1.29, 1.82) is 0 Å². The van der Waals surface area contributed by atoms with Crippen LogP contribution in [0.5, 0.6) is 0 Å². The van der Waals surface area contributed by atoms with E-state index in [-0.39, 0.29) is 0 Å². The molecule has 0 saturated heterocycles. The molecule has 0 saturated carbocycles. The van der Waals surface area contributed by atoms with Crippen molar-refractivity contribution in [3.63, 3.8) is 0 Å². The summed E-state index contributed by atoms with van der Waals surface area (Å²) in [6.45, 7) is 5.19. The molecule has 4 rings (SSSR count). The van der Waals surface area contributed by atoms with Gasteiger partial charge in [0.2, 0.25) is 5.95 Å². The predicted octanol–water partition coefficient (Wildman–Crippen LogP) is 3.65. The Kier molecular flexibility index (Phi) is 3.53. The average Bonchev–Trinajstić information content (AvgIpc) is 3.20. The number of hydrogen-bond donors (Lipinski definition) is 4. The second-order valence-corrected chi connectivity index (χ2v) is 6.21. The van der Waals surface area contributed by atoms with Crippen LogP contribution in [0.1, 0.15) is 13.8 Å². The molecule has 24 heavy (non-hydrogen) atoms. The third-order valence-electron chi connectivity index (χ3n) is 3.79. The number of fused-ring (bicyclic) bond motifs is 2. The van der Waals surface area contributed by atoms with Gasteiger partial charge >= 0.3 is 0 Å². The molecule has 4 N–H and O–H groups in total. The molecule has 0 radical (unpaired) electrons. The first kappa shape index (κ1) is 14.5. The highest BCUT2D eigenvalue weighted by Gasteiger charge is 2.09. The summed E-state index contributed by atoms with van der Waals surface area (Å²) in [4.78, 5) is 12.3. The summed E-state index contributed by atoms with van der Waals surface area (Å²) in [6, 6.07) is 7.97. The van der Waals surface area contributed by atoms with Crippen LogP contribution in [0.3, 0.4) is 0 Å². The first-order valence-corrected chi connectivity index (χ1v) is 7.98. The maximum absolute atomic E-state index is 4.63. The van der Waals surface area contributed by atoms with Crippen molar-refractivity contribution in [1.82, 2.24) is 25.1 Å². The fraction of sp³-hybridized carbons (Fsp3) is 0.235. The molecule has 0 spiro atoms. The largest absolute Gasteiger partial charge is 0.369 e. The highest BCUT2D eigenvalue weighted by molar-refractivity contribution is 5.88. The number of hydrogen-bond acceptors (Lipinski definition) is 5. The fourth-order valence-corrected chi connectivity index (χ4v) is 2.58. The van der Waals surface area contributed by atoms with Crippen LogP contribution in [0.15, 0.2) is 36.7 Å². The summed E-state index contributed by atoms with van der Waals surface area (Å²) < 4.78 is 0. The van der Waals surface area contributed by atoms with Crippen molar-refractivity contribution in [2.45, 2.75) is 13.8 Å². The molecule has 0 aliphatic rings. The number of H-pyrrole nitrogens is 2. The zero-order chi connectivity index (χ0) is 16.5. The molecule has 7 nitrogen and oxygen atoms in total. The first-order chi connectivity index (χ1) is 11.7. The predicted molar refractivity (Wildman–Crippen MR) is 96.6 cm³/mol. The SMILES string of the molecule is CC(C)CNc1nc(Nc2ccc3cn[nH]c3c2)nc2[nH]ccc12. The number of nitrogens with one attached hydrogen (secondary N) is 4. The molecule has 0 bridgehead atoms. The van der Waals surface area contributed by atoms with Crippen molar-refractivity contribution in [2.24, 2.45) is 5.92 Å². The fourth-order valence-electron chi connectivity index (χ4n) is 2.58. The van der Waals surface area contributed by atoms with E-state index in [1.54, 1.807) is 6.20 Å². The standard InChI is InChI=1S/C17H19N7/c1-10(2)8-19-16-13-5-6-18-15(13)22-17(23-16)21-12-4-3-11-9-20-24-14(11)7-12/h3-7,9-10H,8H2,1-2H3,(H,20,24)(H3,18,19,21,22,23). The van der Waals surface area contributed by atoms with E-state index in [0.717, 1.165) is 40.0 Å². The zero-order valence-corrected chi connectivity index (χ0v) is 13.6. The van der Waals surface area contributed by atoms with Crippen LogP contribution < -0.4 is 10.6 Å². The van der Waals surface area contributed by atoms with Crippen molar-refractivity contribution < 1.29 is 0 Å². The summed E-state index contributed by atoms with van der Waals surface area (Å²) >= 11 is 0. The Morgan fingerprint density at radius 3 is 2.96 bits per heavy atom. The lowest BCUT2D eigenvalue weighted by Crippen LogP contribution is -2.10. The Morgan fingerprint density at radius 1 is 1.17 bits per heavy atom. The van der Waals surface area contributed by atoms with Gasteiger partial charge in [-0.25, -0.2) is 0 Å². The second kappa shape index (κ2) is 5.84. The van der Waals surface area contributed by atoms with Gasteiger partial charge in [0.15, 0.2) is 0 Å². The van der Waals surface area contributed by atoms with E-state index < -0.39 is 0 Å². The minimum atomic E-state index is 0.535. The quantitative estimate of drug-likeness (QED) is 0.450. The van der Waals surface area contributed by atoms with Crippen LogP contribution >= 0.6 is 0 Å². The normalized spacial score (nSPS) is 11.5. The van der Waals surface area contributed by atoms with E-state index in [4.69, 9.17) is 0 Å². The van der Waals surface area contributed by atoms with Crippen LogP contribution in [0.25, 0.3) is 21.9 Å². The van der Waals surface area contributed by atoms with Crippen molar-refractivity contribution in [3.05, 3.63) is 36.7 Å². The highest BCUT2D eigenvalue weighted by atomic mass is 15.2. The van der Waals surface area contributed by atoms with Gasteiger partial charge in [-0.1, -0.05) is 13.8 Å². The molecular formula is C17H19N7. The molecule has 1 aromatic carbocycles. The molecule has 0 fully saturated rings. The molecule has 0 atom stereocenters. The average molecular weight is 321 g/mol. The Labute approximate surface area is 138 Å². The smallest absolute Gasteiger partial charge is 0.231 e. The molecule has 0 aliphatic heterocycles. The molecule has 3 heterocycles. The third-order valence-corrected chi connectivity index (χ3v) is 3.79. The van der Waals surface area contributed by atoms with Gasteiger partial charge in [0.25, 0.3) is 0 Å². The molecule has 0 aliphatic carbocycles. The molecule has 122 valence electrons. The van der Waals surface area contributed by atoms with Crippen molar-refractivity contribution in [2.75, 3.05) is 17.2 Å². The van der Waals surface area contributed by atoms with Gasteiger partial charge < -0.3 is 15.6 Å². The summed E-state index contributed by atoms with van der Waals surface area (Å²) in [7, 11) is 0. The summed E-state index contributed by atoms with van der Waals surface area (Å²) in [5.74, 6) is 1.92. The number of aromatic amines is 2. The highest BCUT2D eigenvalue weighted by Crippen LogP contribution is 2.24. The maximum Gasteiger partial charge on any atom is 0.231 e. The minimum Gasteiger partial charge on any atom is -0.369 e. The van der Waals surface area contributed by atoms with Crippen LogP contribution in [0.2, 0.25) is 0 Å². The number of rotatable bonds is 5. The molecule has 4 aromatic rings. The Bertz CT molecular complexity index is 983. The number of benzene rings is 1. The van der Waals surface area contributed by atoms with Gasteiger partial charge in [0.1, 0.15) is 11.5 Å². The summed E-state index contributed by atoms with van der Waals surface area (Å²) in [5, 5.41) is 15.7. The lowest BCUT2D eigenvalue weighted by Gasteiger charge is -2.11. The lowest BCUT2D eigenvalue weighted by molar-refractivity contribution is 0.687. The summed E-state index contributed by atoms with van der Waals surface area (Å²) in [6.07, 6.45) is 3.68. The Hall–Kier alpha value is -3.09. The van der Waals surface area contributed by atoms with Gasteiger partial charge in [0, 0.05) is 23.8 Å². The van der Waals surface area contributed by atoms with E-state index in [0.29, 0.717) is 11.9 Å². The monoisotopic (exact) mass is 321 g/mol. The zero-order valence-electron chi connectivity index (χ0n) is 13.6. The molecular weight excluding hydrogens is 302 g/mol. The first-order valence-electron chi connectivity index (χ1n) is 7.98. The van der Waals surface area contributed by atoms with E-state index in [2.05, 4.69) is 49.6 Å². The van der Waals surface area contributed by atoms with Gasteiger partial charge in [-0.3, -0.25) is 5.10 Å². The van der Waals surface area contributed by atoms with Crippen LogP contribution in [-0.4, -0.2) is 31.7 Å². The van der Waals surface area contributed by atoms with Crippen LogP contribution in [0.4, 0.5) is 17.5 Å². The molecule has 0 unspecified atom stereocenters. The van der Waals surface area contributed by atoms with Crippen molar-refractivity contribution >= 4 is 39.4 Å². The molecule has 3 aromatic heterocycles. The van der Waals surface area contributed by atoms with E-state index in [1.165, 1.54) is 0 Å². The van der Waals surface area contributed by atoms with Crippen LogP contribution in [0, 0.1) is 5.92 Å². The number of aromatic nitrogens is 5. The van der Waals surface area contributed by atoms with E-state index in [1.807, 2.05) is 30.5 Å². The van der Waals surface area contributed by atoms with Gasteiger partial charge in [-0.2, -0.15) is 15.1 Å². The van der Waals surface area contributed by atoms with Crippen molar-refractivity contribution in [3.8, 4) is 0 Å².